The molecule has 1 aliphatic carbocycles. The Kier molecular flexibility index (Phi) is 9.01. The fourth-order valence-corrected chi connectivity index (χ4v) is 5.11. The maximum Gasteiger partial charge on any atom is 0.435 e. The predicted octanol–water partition coefficient (Wildman–Crippen LogP) is 8.85. The van der Waals surface area contributed by atoms with Crippen LogP contribution < -0.4 is 10.2 Å². The summed E-state index contributed by atoms with van der Waals surface area (Å²) in [6.45, 7) is -0.00925. The summed E-state index contributed by atoms with van der Waals surface area (Å²) in [6, 6.07) is 7.65. The highest BCUT2D eigenvalue weighted by Gasteiger charge is 2.73. The molecule has 0 spiro atoms. The molecule has 2 amide bonds. The lowest BCUT2D eigenvalue weighted by molar-refractivity contribution is -0.348. The van der Waals surface area contributed by atoms with Crippen molar-refractivity contribution < 1.29 is 49.1 Å². The van der Waals surface area contributed by atoms with Crippen LogP contribution in [0.3, 0.4) is 0 Å². The Bertz CT molecular complexity index is 1650. The number of halogens is 11. The van der Waals surface area contributed by atoms with Crippen molar-refractivity contribution in [2.75, 3.05) is 16.8 Å². The topological polar surface area (TPSA) is 73.2 Å². The number of amides is 2. The summed E-state index contributed by atoms with van der Waals surface area (Å²) < 4.78 is 122. The minimum atomic E-state index is -6.41. The van der Waals surface area contributed by atoms with Gasteiger partial charge in [0, 0.05) is 27.7 Å². The molecule has 0 heterocycles. The molecule has 3 aromatic rings. The van der Waals surface area contributed by atoms with Gasteiger partial charge < -0.3 is 10.2 Å². The lowest BCUT2D eigenvalue weighted by Crippen LogP contribution is -2.50. The van der Waals surface area contributed by atoms with Crippen LogP contribution >= 0.6 is 27.5 Å². The van der Waals surface area contributed by atoms with Crippen molar-refractivity contribution in [2.45, 2.75) is 30.9 Å². The van der Waals surface area contributed by atoms with Crippen molar-refractivity contribution in [3.8, 4) is 6.07 Å². The smallest absolute Gasteiger partial charge is 0.320 e. The van der Waals surface area contributed by atoms with E-state index in [1.54, 1.807) is 6.07 Å². The summed E-state index contributed by atoms with van der Waals surface area (Å²) >= 11 is 8.58. The number of nitriles is 1. The van der Waals surface area contributed by atoms with E-state index in [0.29, 0.717) is 12.8 Å². The van der Waals surface area contributed by atoms with Gasteiger partial charge in [0.2, 0.25) is 0 Å². The maximum absolute atomic E-state index is 15.0. The third kappa shape index (κ3) is 6.37. The monoisotopic (exact) mass is 711 g/mol. The lowest BCUT2D eigenvalue weighted by atomic mass is 9.94. The quantitative estimate of drug-likeness (QED) is 0.249. The highest BCUT2D eigenvalue weighted by atomic mass is 79.9. The molecule has 0 aromatic heterocycles. The van der Waals surface area contributed by atoms with Gasteiger partial charge in [0.05, 0.1) is 22.0 Å². The highest BCUT2D eigenvalue weighted by Crippen LogP contribution is 2.54. The van der Waals surface area contributed by atoms with Crippen LogP contribution in [-0.2, 0) is 5.67 Å². The minimum Gasteiger partial charge on any atom is -0.320 e. The van der Waals surface area contributed by atoms with E-state index in [4.69, 9.17) is 16.9 Å². The Hall–Kier alpha value is -3.77. The molecule has 5 nitrogen and oxygen atoms in total. The lowest BCUT2D eigenvalue weighted by Gasteiger charge is -2.30. The number of carbonyl (C=O) groups is 2. The van der Waals surface area contributed by atoms with Gasteiger partial charge in [-0.3, -0.25) is 9.59 Å². The van der Waals surface area contributed by atoms with Crippen molar-refractivity contribution in [1.29, 1.82) is 5.26 Å². The summed E-state index contributed by atoms with van der Waals surface area (Å²) in [7, 11) is 0. The van der Waals surface area contributed by atoms with Gasteiger partial charge in [-0.15, -0.1) is 0 Å². The van der Waals surface area contributed by atoms with Gasteiger partial charge in [0.15, 0.2) is 0 Å². The highest BCUT2D eigenvalue weighted by molar-refractivity contribution is 9.10. The zero-order chi connectivity index (χ0) is 32.8. The normalized spacial score (nSPS) is 13.8. The Morgan fingerprint density at radius 3 is 2.07 bits per heavy atom. The average Bonchev–Trinajstić information content (AvgIpc) is 3.76. The van der Waals surface area contributed by atoms with E-state index >= 15 is 4.39 Å². The molecular weight excluding hydrogens is 697 g/mol. The summed E-state index contributed by atoms with van der Waals surface area (Å²) in [5, 5.41) is 10.2. The Morgan fingerprint density at radius 2 is 1.55 bits per heavy atom. The van der Waals surface area contributed by atoms with Crippen molar-refractivity contribution in [3.63, 3.8) is 0 Å². The van der Waals surface area contributed by atoms with Crippen LogP contribution in [0.4, 0.5) is 50.9 Å². The largest absolute Gasteiger partial charge is 0.435 e. The minimum absolute atomic E-state index is 0.00925. The molecule has 1 aliphatic rings. The molecule has 0 unspecified atom stereocenters. The second-order valence-corrected chi connectivity index (χ2v) is 11.0. The second-order valence-electron chi connectivity index (χ2n) is 9.75. The molecule has 232 valence electrons. The van der Waals surface area contributed by atoms with Gasteiger partial charge in [-0.25, -0.2) is 13.2 Å². The standard InChI is InChI=1S/C28H16BrClF9N3O2/c29-18-9-17(26(33,27(34,35)36)28(37,38)39)10-19(30)23(18)41-24(43)14-5-6-20(31)22(8-14)42(12-13-1-2-13)25(44)15-3-4-16(11-40)21(32)7-15/h3-10,13H,1-2,12H2,(H,41,43). The van der Waals surface area contributed by atoms with Crippen LogP contribution in [0.1, 0.15) is 44.7 Å². The summed E-state index contributed by atoms with van der Waals surface area (Å²) in [5.74, 6) is -3.89. The summed E-state index contributed by atoms with van der Waals surface area (Å²) in [5.41, 5.74) is -9.46. The first-order chi connectivity index (χ1) is 20.4. The van der Waals surface area contributed by atoms with Crippen LogP contribution in [0.25, 0.3) is 0 Å². The first-order valence-corrected chi connectivity index (χ1v) is 13.5. The van der Waals surface area contributed by atoms with E-state index in [1.165, 1.54) is 6.07 Å². The molecule has 3 aromatic carbocycles. The number of anilines is 2. The molecule has 4 rings (SSSR count). The number of hydrogen-bond donors (Lipinski definition) is 1. The third-order valence-corrected chi connectivity index (χ3v) is 7.60. The number of benzene rings is 3. The van der Waals surface area contributed by atoms with Crippen LogP contribution in [0.15, 0.2) is 53.0 Å². The molecule has 1 fully saturated rings. The number of nitrogens with zero attached hydrogens (tertiary/aromatic N) is 2. The molecular formula is C28H16BrClF9N3O2. The third-order valence-electron chi connectivity index (χ3n) is 6.68. The number of nitrogens with one attached hydrogen (secondary N) is 1. The Balaban J connectivity index is 1.68. The SMILES string of the molecule is N#Cc1ccc(C(=O)N(CC2CC2)c2cc(C(=O)Nc3c(Cl)cc(C(F)(C(F)(F)F)C(F)(F)F)cc3Br)ccc2F)cc1F. The zero-order valence-electron chi connectivity index (χ0n) is 21.7. The molecule has 16 heteroatoms. The predicted molar refractivity (Wildman–Crippen MR) is 144 cm³/mol. The van der Waals surface area contributed by atoms with Gasteiger partial charge in [0.25, 0.3) is 11.8 Å². The van der Waals surface area contributed by atoms with Crippen molar-refractivity contribution in [2.24, 2.45) is 5.92 Å². The van der Waals surface area contributed by atoms with Crippen LogP contribution in [-0.4, -0.2) is 30.7 Å². The second kappa shape index (κ2) is 12.0. The zero-order valence-corrected chi connectivity index (χ0v) is 24.0. The number of rotatable bonds is 7. The molecule has 0 atom stereocenters. The van der Waals surface area contributed by atoms with E-state index in [1.807, 2.05) is 0 Å². The molecule has 1 saturated carbocycles. The first-order valence-electron chi connectivity index (χ1n) is 12.3. The van der Waals surface area contributed by atoms with Gasteiger partial charge in [-0.1, -0.05) is 11.6 Å². The molecule has 0 saturated heterocycles. The molecule has 44 heavy (non-hydrogen) atoms. The van der Waals surface area contributed by atoms with E-state index in [9.17, 15) is 44.7 Å². The van der Waals surface area contributed by atoms with Crippen molar-refractivity contribution >= 4 is 50.7 Å². The number of alkyl halides is 7. The molecule has 0 radical (unpaired) electrons. The van der Waals surface area contributed by atoms with Gasteiger partial charge in [-0.2, -0.15) is 31.6 Å². The van der Waals surface area contributed by atoms with Gasteiger partial charge >= 0.3 is 18.0 Å². The summed E-state index contributed by atoms with van der Waals surface area (Å²) in [6.07, 6.45) is -11.4. The Labute approximate surface area is 256 Å². The fourth-order valence-electron chi connectivity index (χ4n) is 4.17. The van der Waals surface area contributed by atoms with Crippen molar-refractivity contribution in [1.82, 2.24) is 0 Å². The van der Waals surface area contributed by atoms with Crippen LogP contribution in [0.5, 0.6) is 0 Å². The van der Waals surface area contributed by atoms with E-state index in [-0.39, 0.29) is 41.3 Å². The maximum atomic E-state index is 15.0. The fraction of sp³-hybridized carbons (Fsp3) is 0.250. The van der Waals surface area contributed by atoms with E-state index < -0.39 is 67.9 Å². The van der Waals surface area contributed by atoms with E-state index in [0.717, 1.165) is 35.2 Å². The molecule has 0 aliphatic heterocycles. The number of carbonyl (C=O) groups excluding carboxylic acids is 2. The summed E-state index contributed by atoms with van der Waals surface area (Å²) in [4.78, 5) is 27.4. The van der Waals surface area contributed by atoms with Crippen LogP contribution in [0, 0.1) is 28.9 Å². The molecule has 1 N–H and O–H groups in total. The number of hydrogen-bond acceptors (Lipinski definition) is 3. The van der Waals surface area contributed by atoms with Crippen molar-refractivity contribution in [3.05, 3.63) is 91.9 Å². The molecule has 0 bridgehead atoms. The first kappa shape index (κ1) is 33.1. The van der Waals surface area contributed by atoms with Gasteiger partial charge in [-0.05, 0) is 83.2 Å². The van der Waals surface area contributed by atoms with E-state index in [2.05, 4.69) is 21.2 Å². The average molecular weight is 713 g/mol. The van der Waals surface area contributed by atoms with Crippen LogP contribution in [0.2, 0.25) is 5.02 Å². The van der Waals surface area contributed by atoms with Gasteiger partial charge in [0.1, 0.15) is 17.7 Å². The Morgan fingerprint density at radius 1 is 0.932 bits per heavy atom.